The Morgan fingerprint density at radius 3 is 2.67 bits per heavy atom. The number of nitrogens with one attached hydrogen (secondary N) is 1. The molecule has 0 saturated carbocycles. The van der Waals surface area contributed by atoms with E-state index in [2.05, 4.69) is 5.32 Å². The van der Waals surface area contributed by atoms with Gasteiger partial charge in [-0.3, -0.25) is 9.00 Å². The molecule has 0 bridgehead atoms. The Labute approximate surface area is 130 Å². The molecule has 1 amide bonds. The second kappa shape index (κ2) is 6.74. The third-order valence-electron chi connectivity index (χ3n) is 2.90. The summed E-state index contributed by atoms with van der Waals surface area (Å²) < 4.78 is 12.2. The number of carbonyl (C=O) groups excluding carboxylic acids is 1. The van der Waals surface area contributed by atoms with Gasteiger partial charge in [-0.2, -0.15) is 0 Å². The fourth-order valence-electron chi connectivity index (χ4n) is 1.82. The molecule has 0 heterocycles. The van der Waals surface area contributed by atoms with Crippen LogP contribution in [0.25, 0.3) is 0 Å². The van der Waals surface area contributed by atoms with Crippen molar-refractivity contribution in [2.45, 2.75) is 11.8 Å². The first kappa shape index (κ1) is 15.5. The second-order valence-electron chi connectivity index (χ2n) is 4.54. The van der Waals surface area contributed by atoms with Gasteiger partial charge in [-0.15, -0.1) is 0 Å². The summed E-state index contributed by atoms with van der Waals surface area (Å²) in [7, 11) is -1.51. The summed E-state index contributed by atoms with van der Waals surface area (Å²) in [5, 5.41) is 3.21. The summed E-state index contributed by atoms with van der Waals surface area (Å²) >= 11 is 5.79. The van der Waals surface area contributed by atoms with Crippen LogP contribution in [0, 0.1) is 6.92 Å². The van der Waals surface area contributed by atoms with E-state index in [1.807, 2.05) is 25.1 Å². The molecule has 4 nitrogen and oxygen atoms in total. The van der Waals surface area contributed by atoms with Crippen molar-refractivity contribution in [1.82, 2.24) is 0 Å². The highest BCUT2D eigenvalue weighted by atomic mass is 35.5. The van der Waals surface area contributed by atoms with E-state index < -0.39 is 10.8 Å². The standard InChI is InChI=1S/C15H15ClN2O2S/c1-10-4-2-3-5-13(10)18-15(19)9-21(20)14-7-6-11(16)8-12(14)17/h2-8H,9,17H2,1H3,(H,18,19). The molecule has 0 aliphatic carbocycles. The molecule has 2 aromatic carbocycles. The van der Waals surface area contributed by atoms with Crippen LogP contribution >= 0.6 is 11.6 Å². The maximum atomic E-state index is 12.2. The molecule has 2 rings (SSSR count). The van der Waals surface area contributed by atoms with E-state index in [9.17, 15) is 9.00 Å². The molecular weight excluding hydrogens is 308 g/mol. The molecule has 0 aliphatic heterocycles. The molecule has 0 spiro atoms. The number of hydrogen-bond donors (Lipinski definition) is 2. The molecular formula is C15H15ClN2O2S. The van der Waals surface area contributed by atoms with Crippen LogP contribution in [0.15, 0.2) is 47.4 Å². The Balaban J connectivity index is 2.06. The van der Waals surface area contributed by atoms with Gasteiger partial charge in [0.1, 0.15) is 5.75 Å². The van der Waals surface area contributed by atoms with E-state index in [1.54, 1.807) is 18.2 Å². The van der Waals surface area contributed by atoms with Gasteiger partial charge >= 0.3 is 0 Å². The number of para-hydroxylation sites is 1. The number of aryl methyl sites for hydroxylation is 1. The predicted octanol–water partition coefficient (Wildman–Crippen LogP) is 2.98. The molecule has 2 aromatic rings. The molecule has 1 atom stereocenters. The lowest BCUT2D eigenvalue weighted by molar-refractivity contribution is -0.113. The van der Waals surface area contributed by atoms with Gasteiger partial charge in [-0.25, -0.2) is 0 Å². The van der Waals surface area contributed by atoms with Crippen LogP contribution in [0.4, 0.5) is 11.4 Å². The number of halogens is 1. The van der Waals surface area contributed by atoms with Gasteiger partial charge in [0.05, 0.1) is 15.7 Å². The maximum Gasteiger partial charge on any atom is 0.237 e. The fraction of sp³-hybridized carbons (Fsp3) is 0.133. The monoisotopic (exact) mass is 322 g/mol. The van der Waals surface area contributed by atoms with Crippen LogP contribution in [0.5, 0.6) is 0 Å². The van der Waals surface area contributed by atoms with Gasteiger partial charge in [0.15, 0.2) is 0 Å². The number of carbonyl (C=O) groups is 1. The van der Waals surface area contributed by atoms with Crippen LogP contribution in [-0.4, -0.2) is 15.9 Å². The molecule has 21 heavy (non-hydrogen) atoms. The largest absolute Gasteiger partial charge is 0.398 e. The van der Waals surface area contributed by atoms with E-state index in [0.29, 0.717) is 21.3 Å². The number of nitrogens with two attached hydrogens (primary N) is 1. The lowest BCUT2D eigenvalue weighted by Gasteiger charge is -2.09. The molecule has 0 aliphatic rings. The predicted molar refractivity (Wildman–Crippen MR) is 86.9 cm³/mol. The minimum atomic E-state index is -1.51. The van der Waals surface area contributed by atoms with Crippen molar-refractivity contribution in [3.05, 3.63) is 53.1 Å². The maximum absolute atomic E-state index is 12.2. The first-order valence-electron chi connectivity index (χ1n) is 6.26. The summed E-state index contributed by atoms with van der Waals surface area (Å²) in [5.74, 6) is -0.475. The summed E-state index contributed by atoms with van der Waals surface area (Å²) in [6.07, 6.45) is 0. The second-order valence-corrected chi connectivity index (χ2v) is 6.39. The Morgan fingerprint density at radius 1 is 1.29 bits per heavy atom. The third-order valence-corrected chi connectivity index (χ3v) is 4.52. The van der Waals surface area contributed by atoms with Gasteiger partial charge in [-0.05, 0) is 36.8 Å². The molecule has 0 saturated heterocycles. The van der Waals surface area contributed by atoms with E-state index in [0.717, 1.165) is 5.56 Å². The number of anilines is 2. The Hall–Kier alpha value is -1.85. The van der Waals surface area contributed by atoms with Crippen molar-refractivity contribution in [3.8, 4) is 0 Å². The van der Waals surface area contributed by atoms with Gasteiger partial charge < -0.3 is 11.1 Å². The summed E-state index contributed by atoms with van der Waals surface area (Å²) in [4.78, 5) is 12.4. The van der Waals surface area contributed by atoms with Crippen molar-refractivity contribution >= 4 is 39.7 Å². The highest BCUT2D eigenvalue weighted by Crippen LogP contribution is 2.21. The zero-order chi connectivity index (χ0) is 15.4. The quantitative estimate of drug-likeness (QED) is 0.850. The molecule has 0 radical (unpaired) electrons. The Kier molecular flexibility index (Phi) is 4.98. The lowest BCUT2D eigenvalue weighted by Crippen LogP contribution is -2.20. The van der Waals surface area contributed by atoms with Crippen molar-refractivity contribution in [2.75, 3.05) is 16.8 Å². The molecule has 0 aromatic heterocycles. The summed E-state index contributed by atoms with van der Waals surface area (Å²) in [6.45, 7) is 1.89. The van der Waals surface area contributed by atoms with Crippen LogP contribution in [0.1, 0.15) is 5.56 Å². The van der Waals surface area contributed by atoms with Gasteiger partial charge in [0, 0.05) is 16.4 Å². The van der Waals surface area contributed by atoms with E-state index >= 15 is 0 Å². The van der Waals surface area contributed by atoms with Crippen LogP contribution in [0.3, 0.4) is 0 Å². The van der Waals surface area contributed by atoms with Crippen molar-refractivity contribution in [1.29, 1.82) is 0 Å². The molecule has 0 fully saturated rings. The molecule has 110 valence electrons. The van der Waals surface area contributed by atoms with Crippen LogP contribution in [0.2, 0.25) is 5.02 Å². The van der Waals surface area contributed by atoms with Gasteiger partial charge in [-0.1, -0.05) is 29.8 Å². The molecule has 1 unspecified atom stereocenters. The smallest absolute Gasteiger partial charge is 0.237 e. The highest BCUT2D eigenvalue weighted by molar-refractivity contribution is 7.86. The minimum Gasteiger partial charge on any atom is -0.398 e. The number of amides is 1. The summed E-state index contributed by atoms with van der Waals surface area (Å²) in [5.41, 5.74) is 7.75. The number of nitrogen functional groups attached to an aromatic ring is 1. The van der Waals surface area contributed by atoms with Crippen molar-refractivity contribution in [2.24, 2.45) is 0 Å². The van der Waals surface area contributed by atoms with Crippen molar-refractivity contribution in [3.63, 3.8) is 0 Å². The van der Waals surface area contributed by atoms with E-state index in [-0.39, 0.29) is 11.7 Å². The summed E-state index contributed by atoms with van der Waals surface area (Å²) in [6, 6.07) is 12.1. The number of hydrogen-bond acceptors (Lipinski definition) is 3. The van der Waals surface area contributed by atoms with Gasteiger partial charge in [0.2, 0.25) is 5.91 Å². The lowest BCUT2D eigenvalue weighted by atomic mass is 10.2. The average Bonchev–Trinajstić information content (AvgIpc) is 2.41. The fourth-order valence-corrected chi connectivity index (χ4v) is 3.01. The van der Waals surface area contributed by atoms with Crippen LogP contribution in [-0.2, 0) is 15.6 Å². The Bertz CT molecular complexity index is 704. The minimum absolute atomic E-state index is 0.153. The highest BCUT2D eigenvalue weighted by Gasteiger charge is 2.14. The number of rotatable bonds is 4. The zero-order valence-electron chi connectivity index (χ0n) is 11.4. The molecule has 3 N–H and O–H groups in total. The number of benzene rings is 2. The Morgan fingerprint density at radius 2 is 2.00 bits per heavy atom. The SMILES string of the molecule is Cc1ccccc1NC(=O)CS(=O)c1ccc(Cl)cc1N. The van der Waals surface area contributed by atoms with Crippen molar-refractivity contribution < 1.29 is 9.00 Å². The topological polar surface area (TPSA) is 72.2 Å². The van der Waals surface area contributed by atoms with E-state index in [4.69, 9.17) is 17.3 Å². The first-order valence-corrected chi connectivity index (χ1v) is 7.96. The first-order chi connectivity index (χ1) is 9.97. The van der Waals surface area contributed by atoms with Gasteiger partial charge in [0.25, 0.3) is 0 Å². The normalized spacial score (nSPS) is 11.9. The van der Waals surface area contributed by atoms with Crippen LogP contribution < -0.4 is 11.1 Å². The van der Waals surface area contributed by atoms with E-state index in [1.165, 1.54) is 6.07 Å². The average molecular weight is 323 g/mol. The zero-order valence-corrected chi connectivity index (χ0v) is 13.0. The molecule has 6 heteroatoms. The third kappa shape index (κ3) is 4.06.